The van der Waals surface area contributed by atoms with E-state index in [2.05, 4.69) is 30.3 Å². The summed E-state index contributed by atoms with van der Waals surface area (Å²) in [5, 5.41) is 10.6. The number of nitriles is 1. The third kappa shape index (κ3) is 5.98. The first-order valence-corrected chi connectivity index (χ1v) is 17.5. The molecule has 0 aromatic heterocycles. The van der Waals surface area contributed by atoms with Crippen LogP contribution in [0.25, 0.3) is 0 Å². The molecule has 3 aromatic carbocycles. The Kier molecular flexibility index (Phi) is 8.24. The Balaban J connectivity index is 1.13. The lowest BCUT2D eigenvalue weighted by Gasteiger charge is -2.58. The van der Waals surface area contributed by atoms with Gasteiger partial charge in [-0.25, -0.2) is 0 Å². The summed E-state index contributed by atoms with van der Waals surface area (Å²) in [6.07, 6.45) is 4.86. The first-order valence-electron chi connectivity index (χ1n) is 16.5. The maximum Gasteiger partial charge on any atom is 0.227 e. The van der Waals surface area contributed by atoms with Gasteiger partial charge in [-0.1, -0.05) is 91.0 Å². The van der Waals surface area contributed by atoms with Crippen molar-refractivity contribution in [1.29, 1.82) is 5.26 Å². The first kappa shape index (κ1) is 29.7. The SMILES string of the molecule is N#C[C@]1(c2ccccc2)O[C@H]2[C@H](OCc3ccccc3)[C@H](OCc3ccccc3)[C@H](OC34CC5CC(CC(C5)C3)C4)O[C@@H]2CS1. The summed E-state index contributed by atoms with van der Waals surface area (Å²) < 4.78 is 34.6. The van der Waals surface area contributed by atoms with Crippen LogP contribution in [0.5, 0.6) is 0 Å². The summed E-state index contributed by atoms with van der Waals surface area (Å²) in [4.78, 5) is -1.17. The normalized spacial score (nSPS) is 38.4. The maximum absolute atomic E-state index is 10.6. The lowest BCUT2D eigenvalue weighted by Crippen LogP contribution is -2.66. The topological polar surface area (TPSA) is 69.9 Å². The van der Waals surface area contributed by atoms with E-state index in [4.69, 9.17) is 23.7 Å². The second kappa shape index (κ2) is 12.5. The summed E-state index contributed by atoms with van der Waals surface area (Å²) in [5.41, 5.74) is 2.80. The molecule has 0 amide bonds. The summed E-state index contributed by atoms with van der Waals surface area (Å²) in [5.74, 6) is 2.83. The van der Waals surface area contributed by atoms with Gasteiger partial charge in [0.2, 0.25) is 4.93 Å². The van der Waals surface area contributed by atoms with E-state index in [0.717, 1.165) is 53.7 Å². The van der Waals surface area contributed by atoms with Crippen LogP contribution >= 0.6 is 11.8 Å². The molecule has 6 aliphatic rings. The molecule has 9 rings (SSSR count). The average molecular weight is 624 g/mol. The molecule has 6 atom stereocenters. The fraction of sp³-hybridized carbons (Fsp3) is 0.500. The van der Waals surface area contributed by atoms with Gasteiger partial charge in [-0.2, -0.15) is 5.26 Å². The number of nitrogens with zero attached hydrogens (tertiary/aromatic N) is 1. The molecular weight excluding hydrogens is 582 g/mol. The fourth-order valence-electron chi connectivity index (χ4n) is 8.93. The Morgan fingerprint density at radius 3 is 1.82 bits per heavy atom. The van der Waals surface area contributed by atoms with Gasteiger partial charge in [-0.15, -0.1) is 11.8 Å². The molecule has 2 heterocycles. The van der Waals surface area contributed by atoms with E-state index in [1.165, 1.54) is 31.0 Å². The summed E-state index contributed by atoms with van der Waals surface area (Å²) in [7, 11) is 0. The van der Waals surface area contributed by atoms with Gasteiger partial charge in [-0.3, -0.25) is 0 Å². The zero-order chi connectivity index (χ0) is 30.3. The highest BCUT2D eigenvalue weighted by Gasteiger charge is 2.59. The van der Waals surface area contributed by atoms with Crippen LogP contribution in [-0.4, -0.2) is 42.1 Å². The van der Waals surface area contributed by atoms with Crippen molar-refractivity contribution in [3.63, 3.8) is 0 Å². The van der Waals surface area contributed by atoms with Crippen LogP contribution in [0.15, 0.2) is 91.0 Å². The Hall–Kier alpha value is -2.70. The molecule has 0 spiro atoms. The number of hydrogen-bond donors (Lipinski definition) is 0. The highest BCUT2D eigenvalue weighted by atomic mass is 32.2. The lowest BCUT2D eigenvalue weighted by atomic mass is 9.54. The average Bonchev–Trinajstić information content (AvgIpc) is 3.07. The molecule has 0 radical (unpaired) electrons. The number of thioether (sulfide) groups is 1. The molecule has 4 bridgehead atoms. The van der Waals surface area contributed by atoms with Crippen LogP contribution in [0.1, 0.15) is 55.2 Å². The zero-order valence-corrected chi connectivity index (χ0v) is 26.4. The molecule has 4 aliphatic carbocycles. The van der Waals surface area contributed by atoms with Crippen molar-refractivity contribution in [2.75, 3.05) is 5.75 Å². The highest BCUT2D eigenvalue weighted by molar-refractivity contribution is 8.00. The largest absolute Gasteiger partial charge is 0.368 e. The Morgan fingerprint density at radius 2 is 1.27 bits per heavy atom. The van der Waals surface area contributed by atoms with Crippen molar-refractivity contribution in [2.24, 2.45) is 17.8 Å². The van der Waals surface area contributed by atoms with Crippen LogP contribution in [-0.2, 0) is 41.8 Å². The molecule has 6 fully saturated rings. The van der Waals surface area contributed by atoms with E-state index in [-0.39, 0.29) is 11.7 Å². The Morgan fingerprint density at radius 1 is 0.733 bits per heavy atom. The van der Waals surface area contributed by atoms with Crippen molar-refractivity contribution >= 4 is 11.8 Å². The molecule has 234 valence electrons. The molecule has 6 nitrogen and oxygen atoms in total. The van der Waals surface area contributed by atoms with Crippen LogP contribution in [0.4, 0.5) is 0 Å². The minimum atomic E-state index is -1.17. The Bertz CT molecular complexity index is 1450. The van der Waals surface area contributed by atoms with Crippen molar-refractivity contribution in [2.45, 2.75) is 93.0 Å². The van der Waals surface area contributed by atoms with Gasteiger partial charge in [0.05, 0.1) is 24.9 Å². The van der Waals surface area contributed by atoms with Crippen molar-refractivity contribution < 1.29 is 23.7 Å². The van der Waals surface area contributed by atoms with Gasteiger partial charge >= 0.3 is 0 Å². The van der Waals surface area contributed by atoms with Crippen LogP contribution in [0.3, 0.4) is 0 Å². The van der Waals surface area contributed by atoms with Crippen molar-refractivity contribution in [3.05, 3.63) is 108 Å². The third-order valence-electron chi connectivity index (χ3n) is 10.6. The molecule has 2 aliphatic heterocycles. The van der Waals surface area contributed by atoms with Gasteiger partial charge < -0.3 is 23.7 Å². The monoisotopic (exact) mass is 623 g/mol. The minimum Gasteiger partial charge on any atom is -0.368 e. The molecule has 3 aromatic rings. The quantitative estimate of drug-likeness (QED) is 0.246. The second-order valence-corrected chi connectivity index (χ2v) is 15.0. The van der Waals surface area contributed by atoms with E-state index in [0.29, 0.717) is 19.0 Å². The molecule has 4 saturated carbocycles. The van der Waals surface area contributed by atoms with E-state index in [1.54, 1.807) is 0 Å². The van der Waals surface area contributed by atoms with Gasteiger partial charge in [0.15, 0.2) is 6.29 Å². The molecule has 0 unspecified atom stereocenters. The van der Waals surface area contributed by atoms with E-state index in [9.17, 15) is 5.26 Å². The number of fused-ring (bicyclic) bond motifs is 1. The van der Waals surface area contributed by atoms with E-state index >= 15 is 0 Å². The number of ether oxygens (including phenoxy) is 5. The van der Waals surface area contributed by atoms with Gasteiger partial charge in [0, 0.05) is 11.3 Å². The molecule has 0 N–H and O–H groups in total. The molecule has 7 heteroatoms. The van der Waals surface area contributed by atoms with Crippen molar-refractivity contribution in [1.82, 2.24) is 0 Å². The maximum atomic E-state index is 10.6. The van der Waals surface area contributed by atoms with Gasteiger partial charge in [0.1, 0.15) is 24.4 Å². The van der Waals surface area contributed by atoms with Gasteiger partial charge in [-0.05, 0) is 67.4 Å². The standard InChI is InChI=1S/C38H41NO5S/c39-25-38(31-14-8-3-9-15-31)43-33-32(24-45-38)42-36(44-37-19-28-16-29(20-37)18-30(17-28)21-37)35(41-23-27-12-6-2-7-13-27)34(33)40-22-26-10-4-1-5-11-26/h1-15,28-30,32-36H,16-24H2/t28?,29?,30?,32-,33-,34+,35+,36+,37?,38+/m1/s1. The van der Waals surface area contributed by atoms with E-state index < -0.39 is 29.5 Å². The van der Waals surface area contributed by atoms with Crippen LogP contribution in [0.2, 0.25) is 0 Å². The molecule has 2 saturated heterocycles. The predicted octanol–water partition coefficient (Wildman–Crippen LogP) is 7.38. The fourth-order valence-corrected chi connectivity index (χ4v) is 10.1. The summed E-state index contributed by atoms with van der Waals surface area (Å²) in [6.45, 7) is 0.792. The molecule has 45 heavy (non-hydrogen) atoms. The number of rotatable bonds is 9. The summed E-state index contributed by atoms with van der Waals surface area (Å²) >= 11 is 1.49. The minimum absolute atomic E-state index is 0.173. The van der Waals surface area contributed by atoms with Crippen molar-refractivity contribution in [3.8, 4) is 6.07 Å². The Labute approximate surface area is 270 Å². The van der Waals surface area contributed by atoms with E-state index in [1.807, 2.05) is 66.7 Å². The molecular formula is C38H41NO5S. The summed E-state index contributed by atoms with van der Waals surface area (Å²) in [6, 6.07) is 32.7. The highest BCUT2D eigenvalue weighted by Crippen LogP contribution is 2.58. The van der Waals surface area contributed by atoms with Gasteiger partial charge in [0.25, 0.3) is 0 Å². The smallest absolute Gasteiger partial charge is 0.227 e. The number of hydrogen-bond acceptors (Lipinski definition) is 7. The van der Waals surface area contributed by atoms with Crippen LogP contribution < -0.4 is 0 Å². The third-order valence-corrected chi connectivity index (χ3v) is 11.9. The second-order valence-electron chi connectivity index (χ2n) is 13.8. The lowest BCUT2D eigenvalue weighted by molar-refractivity contribution is -0.357. The first-order chi connectivity index (χ1) is 22.1. The zero-order valence-electron chi connectivity index (χ0n) is 25.5. The number of benzene rings is 3. The predicted molar refractivity (Wildman–Crippen MR) is 172 cm³/mol. The van der Waals surface area contributed by atoms with Crippen LogP contribution in [0, 0.1) is 29.1 Å².